The summed E-state index contributed by atoms with van der Waals surface area (Å²) in [6.45, 7) is 8.14. The van der Waals surface area contributed by atoms with Crippen molar-refractivity contribution in [2.45, 2.75) is 13.0 Å². The molecule has 2 aliphatic heterocycles. The number of benzene rings is 1. The van der Waals surface area contributed by atoms with Gasteiger partial charge in [-0.05, 0) is 24.7 Å². The minimum Gasteiger partial charge on any atom is -0.378 e. The van der Waals surface area contributed by atoms with Gasteiger partial charge in [-0.25, -0.2) is 0 Å². The topological polar surface area (TPSA) is 74.8 Å². The number of hydrogen-bond donors (Lipinski definition) is 2. The Hall–Kier alpha value is -2.49. The van der Waals surface area contributed by atoms with E-state index in [0.29, 0.717) is 37.5 Å². The lowest BCUT2D eigenvalue weighted by Gasteiger charge is -2.31. The van der Waals surface area contributed by atoms with Crippen LogP contribution in [0.5, 0.6) is 0 Å². The fourth-order valence-corrected chi connectivity index (χ4v) is 3.81. The summed E-state index contributed by atoms with van der Waals surface area (Å²) in [6, 6.07) is 12.3. The van der Waals surface area contributed by atoms with Gasteiger partial charge in [0.1, 0.15) is 11.6 Å². The zero-order chi connectivity index (χ0) is 20.8. The molecular formula is C21H28N6O2S. The number of nitrogens with zero attached hydrogens (tertiary/aromatic N) is 4. The molecule has 30 heavy (non-hydrogen) atoms. The highest BCUT2D eigenvalue weighted by molar-refractivity contribution is 7.80. The quantitative estimate of drug-likeness (QED) is 0.697. The minimum absolute atomic E-state index is 0.0762. The smallest absolute Gasteiger partial charge is 0.232 e. The van der Waals surface area contributed by atoms with Crippen LogP contribution in [0.15, 0.2) is 36.4 Å². The van der Waals surface area contributed by atoms with E-state index < -0.39 is 0 Å². The highest BCUT2D eigenvalue weighted by Crippen LogP contribution is 2.23. The van der Waals surface area contributed by atoms with Crippen LogP contribution in [-0.2, 0) is 9.47 Å². The fourth-order valence-electron chi connectivity index (χ4n) is 3.55. The molecule has 0 unspecified atom stereocenters. The highest BCUT2D eigenvalue weighted by atomic mass is 32.1. The van der Waals surface area contributed by atoms with Gasteiger partial charge in [0.2, 0.25) is 5.95 Å². The summed E-state index contributed by atoms with van der Waals surface area (Å²) in [5, 5.41) is 7.00. The van der Waals surface area contributed by atoms with Crippen molar-refractivity contribution in [2.75, 3.05) is 67.7 Å². The van der Waals surface area contributed by atoms with Crippen molar-refractivity contribution in [1.29, 1.82) is 0 Å². The first kappa shape index (κ1) is 20.8. The molecule has 2 fully saturated rings. The van der Waals surface area contributed by atoms with Crippen LogP contribution in [0.3, 0.4) is 0 Å². The maximum atomic E-state index is 5.54. The molecule has 160 valence electrons. The zero-order valence-corrected chi connectivity index (χ0v) is 18.0. The third kappa shape index (κ3) is 5.35. The Morgan fingerprint density at radius 3 is 2.00 bits per heavy atom. The van der Waals surface area contributed by atoms with Crippen LogP contribution in [0.25, 0.3) is 0 Å². The summed E-state index contributed by atoms with van der Waals surface area (Å²) in [5.41, 5.74) is 1.17. The average molecular weight is 429 g/mol. The molecule has 1 aromatic carbocycles. The summed E-state index contributed by atoms with van der Waals surface area (Å²) >= 11 is 5.54. The van der Waals surface area contributed by atoms with E-state index in [0.717, 1.165) is 37.8 Å². The summed E-state index contributed by atoms with van der Waals surface area (Å²) in [5.74, 6) is 2.27. The molecule has 2 N–H and O–H groups in total. The van der Waals surface area contributed by atoms with E-state index in [2.05, 4.69) is 39.5 Å². The standard InChI is InChI=1S/C21H28N6O2S/c1-16(17-5-3-2-4-6-17)22-21(30)25-20-23-18(26-7-11-28-12-8-26)15-19(24-20)27-9-13-29-14-10-27/h2-6,15-16H,7-14H2,1H3,(H2,22,23,24,25,30)/t16-/m0/s1. The van der Waals surface area contributed by atoms with Gasteiger partial charge in [-0.1, -0.05) is 30.3 Å². The second-order valence-corrected chi connectivity index (χ2v) is 7.75. The first-order chi connectivity index (χ1) is 14.7. The van der Waals surface area contributed by atoms with Crippen LogP contribution < -0.4 is 20.4 Å². The lowest BCUT2D eigenvalue weighted by molar-refractivity contribution is 0.122. The van der Waals surface area contributed by atoms with Gasteiger partial charge in [0.05, 0.1) is 32.5 Å². The lowest BCUT2D eigenvalue weighted by atomic mass is 10.1. The van der Waals surface area contributed by atoms with Crippen molar-refractivity contribution in [3.63, 3.8) is 0 Å². The van der Waals surface area contributed by atoms with Crippen LogP contribution in [-0.4, -0.2) is 67.7 Å². The van der Waals surface area contributed by atoms with Crippen molar-refractivity contribution in [2.24, 2.45) is 0 Å². The molecule has 1 atom stereocenters. The van der Waals surface area contributed by atoms with Crippen LogP contribution in [0.1, 0.15) is 18.5 Å². The molecule has 2 aromatic rings. The third-order valence-electron chi connectivity index (χ3n) is 5.24. The fraction of sp³-hybridized carbons (Fsp3) is 0.476. The van der Waals surface area contributed by atoms with E-state index in [9.17, 15) is 0 Å². The number of nitrogens with one attached hydrogen (secondary N) is 2. The van der Waals surface area contributed by atoms with Gasteiger partial charge in [-0.2, -0.15) is 9.97 Å². The normalized spacial score (nSPS) is 18.0. The predicted octanol–water partition coefficient (Wildman–Crippen LogP) is 2.20. The number of anilines is 3. The maximum absolute atomic E-state index is 5.54. The number of thiocarbonyl (C=S) groups is 1. The van der Waals surface area contributed by atoms with E-state index >= 15 is 0 Å². The zero-order valence-electron chi connectivity index (χ0n) is 17.2. The molecule has 8 nitrogen and oxygen atoms in total. The summed E-state index contributed by atoms with van der Waals surface area (Å²) in [7, 11) is 0. The van der Waals surface area contributed by atoms with E-state index in [-0.39, 0.29) is 6.04 Å². The van der Waals surface area contributed by atoms with Crippen molar-refractivity contribution < 1.29 is 9.47 Å². The molecule has 0 spiro atoms. The summed E-state index contributed by atoms with van der Waals surface area (Å²) in [4.78, 5) is 13.9. The number of ether oxygens (including phenoxy) is 2. The van der Waals surface area contributed by atoms with E-state index in [1.54, 1.807) is 0 Å². The molecule has 3 heterocycles. The van der Waals surface area contributed by atoms with Crippen molar-refractivity contribution in [3.8, 4) is 0 Å². The van der Waals surface area contributed by atoms with Gasteiger partial charge in [0, 0.05) is 32.2 Å². The van der Waals surface area contributed by atoms with Gasteiger partial charge in [-0.3, -0.25) is 0 Å². The molecule has 1 aromatic heterocycles. The molecular weight excluding hydrogens is 400 g/mol. The minimum atomic E-state index is 0.0762. The first-order valence-electron chi connectivity index (χ1n) is 10.4. The van der Waals surface area contributed by atoms with Gasteiger partial charge in [0.25, 0.3) is 0 Å². The number of hydrogen-bond acceptors (Lipinski definition) is 7. The number of morpholine rings is 2. The van der Waals surface area contributed by atoms with Crippen molar-refractivity contribution >= 4 is 34.9 Å². The second-order valence-electron chi connectivity index (χ2n) is 7.34. The third-order valence-corrected chi connectivity index (χ3v) is 5.46. The van der Waals surface area contributed by atoms with Gasteiger partial charge < -0.3 is 29.9 Å². The number of aromatic nitrogens is 2. The molecule has 2 saturated heterocycles. The average Bonchev–Trinajstić information content (AvgIpc) is 2.80. The molecule has 0 radical (unpaired) electrons. The maximum Gasteiger partial charge on any atom is 0.232 e. The SMILES string of the molecule is C[C@H](NC(=S)Nc1nc(N2CCOCC2)cc(N2CCOCC2)n1)c1ccccc1. The van der Waals surface area contributed by atoms with Crippen LogP contribution in [0, 0.1) is 0 Å². The Morgan fingerprint density at radius 2 is 1.47 bits per heavy atom. The Bertz CT molecular complexity index is 804. The van der Waals surface area contributed by atoms with Crippen LogP contribution in [0.2, 0.25) is 0 Å². The largest absolute Gasteiger partial charge is 0.378 e. The number of rotatable bonds is 5. The van der Waals surface area contributed by atoms with E-state index in [1.807, 2.05) is 24.3 Å². The Balaban J connectivity index is 1.51. The summed E-state index contributed by atoms with van der Waals surface area (Å²) in [6.07, 6.45) is 0. The van der Waals surface area contributed by atoms with Gasteiger partial charge in [0.15, 0.2) is 5.11 Å². The molecule has 0 bridgehead atoms. The molecule has 4 rings (SSSR count). The Morgan fingerprint density at radius 1 is 0.933 bits per heavy atom. The molecule has 9 heteroatoms. The molecule has 0 amide bonds. The van der Waals surface area contributed by atoms with Gasteiger partial charge in [-0.15, -0.1) is 0 Å². The highest BCUT2D eigenvalue weighted by Gasteiger charge is 2.19. The van der Waals surface area contributed by atoms with Crippen molar-refractivity contribution in [3.05, 3.63) is 42.0 Å². The summed E-state index contributed by atoms with van der Waals surface area (Å²) < 4.78 is 11.0. The van der Waals surface area contributed by atoms with Gasteiger partial charge >= 0.3 is 0 Å². The molecule has 0 saturated carbocycles. The second kappa shape index (κ2) is 10.0. The van der Waals surface area contributed by atoms with Crippen LogP contribution in [0.4, 0.5) is 17.6 Å². The Labute approximate surface area is 182 Å². The molecule has 0 aliphatic carbocycles. The lowest BCUT2D eigenvalue weighted by Crippen LogP contribution is -2.39. The molecule has 2 aliphatic rings. The predicted molar refractivity (Wildman–Crippen MR) is 122 cm³/mol. The Kier molecular flexibility index (Phi) is 6.93. The first-order valence-corrected chi connectivity index (χ1v) is 10.8. The van der Waals surface area contributed by atoms with E-state index in [1.165, 1.54) is 5.56 Å². The van der Waals surface area contributed by atoms with Crippen molar-refractivity contribution in [1.82, 2.24) is 15.3 Å². The van der Waals surface area contributed by atoms with Crippen LogP contribution >= 0.6 is 12.2 Å². The van der Waals surface area contributed by atoms with E-state index in [4.69, 9.17) is 31.7 Å². The monoisotopic (exact) mass is 428 g/mol.